The minimum absolute atomic E-state index is 0.0372. The molecule has 0 aliphatic rings. The Morgan fingerprint density at radius 2 is 2.18 bits per heavy atom. The van der Waals surface area contributed by atoms with Gasteiger partial charge in [-0.3, -0.25) is 4.98 Å². The molecule has 0 unspecified atom stereocenters. The van der Waals surface area contributed by atoms with Crippen molar-refractivity contribution in [2.75, 3.05) is 7.11 Å². The van der Waals surface area contributed by atoms with Crippen molar-refractivity contribution in [3.63, 3.8) is 0 Å². The molecule has 0 saturated heterocycles. The molecule has 0 fully saturated rings. The van der Waals surface area contributed by atoms with Crippen LogP contribution in [-0.4, -0.2) is 17.2 Å². The SMILES string of the molecule is CCCc1c(CO)cnc2ccc(OC)cc12. The van der Waals surface area contributed by atoms with E-state index in [-0.39, 0.29) is 6.61 Å². The summed E-state index contributed by atoms with van der Waals surface area (Å²) in [5.41, 5.74) is 3.04. The number of ether oxygens (including phenoxy) is 1. The highest BCUT2D eigenvalue weighted by Crippen LogP contribution is 2.26. The lowest BCUT2D eigenvalue weighted by Crippen LogP contribution is -1.98. The van der Waals surface area contributed by atoms with Gasteiger partial charge in [0, 0.05) is 11.6 Å². The summed E-state index contributed by atoms with van der Waals surface area (Å²) in [6.45, 7) is 2.17. The Hall–Kier alpha value is -1.61. The molecular weight excluding hydrogens is 214 g/mol. The van der Waals surface area contributed by atoms with Crippen LogP contribution >= 0.6 is 0 Å². The molecule has 0 aliphatic heterocycles. The van der Waals surface area contributed by atoms with E-state index in [4.69, 9.17) is 4.74 Å². The number of pyridine rings is 1. The van der Waals surface area contributed by atoms with E-state index in [0.29, 0.717) is 0 Å². The minimum atomic E-state index is 0.0372. The maximum absolute atomic E-state index is 9.36. The summed E-state index contributed by atoms with van der Waals surface area (Å²) in [5.74, 6) is 0.826. The zero-order valence-electron chi connectivity index (χ0n) is 10.2. The molecule has 2 rings (SSSR count). The molecule has 0 aliphatic carbocycles. The van der Waals surface area contributed by atoms with Gasteiger partial charge in [0.15, 0.2) is 0 Å². The highest BCUT2D eigenvalue weighted by atomic mass is 16.5. The van der Waals surface area contributed by atoms with Crippen molar-refractivity contribution in [2.45, 2.75) is 26.4 Å². The number of aryl methyl sites for hydroxylation is 1. The number of hydrogen-bond donors (Lipinski definition) is 1. The predicted octanol–water partition coefficient (Wildman–Crippen LogP) is 2.69. The third-order valence-electron chi connectivity index (χ3n) is 2.95. The van der Waals surface area contributed by atoms with E-state index >= 15 is 0 Å². The second kappa shape index (κ2) is 5.15. The van der Waals surface area contributed by atoms with Crippen LogP contribution in [0, 0.1) is 0 Å². The van der Waals surface area contributed by atoms with E-state index in [1.165, 1.54) is 5.56 Å². The Morgan fingerprint density at radius 1 is 1.35 bits per heavy atom. The molecule has 90 valence electrons. The lowest BCUT2D eigenvalue weighted by molar-refractivity contribution is 0.280. The van der Waals surface area contributed by atoms with Gasteiger partial charge in [0.1, 0.15) is 5.75 Å². The molecule has 0 atom stereocenters. The van der Waals surface area contributed by atoms with Crippen LogP contribution in [-0.2, 0) is 13.0 Å². The van der Waals surface area contributed by atoms with Crippen LogP contribution in [0.4, 0.5) is 0 Å². The van der Waals surface area contributed by atoms with Crippen molar-refractivity contribution in [1.29, 1.82) is 0 Å². The highest BCUT2D eigenvalue weighted by molar-refractivity contribution is 5.84. The fourth-order valence-corrected chi connectivity index (χ4v) is 2.08. The number of fused-ring (bicyclic) bond motifs is 1. The minimum Gasteiger partial charge on any atom is -0.497 e. The summed E-state index contributed by atoms with van der Waals surface area (Å²) in [7, 11) is 1.66. The zero-order chi connectivity index (χ0) is 12.3. The second-order valence-electron chi connectivity index (χ2n) is 4.05. The largest absolute Gasteiger partial charge is 0.497 e. The van der Waals surface area contributed by atoms with Crippen LogP contribution in [0.2, 0.25) is 0 Å². The van der Waals surface area contributed by atoms with Crippen LogP contribution in [0.3, 0.4) is 0 Å². The van der Waals surface area contributed by atoms with Crippen molar-refractivity contribution in [3.8, 4) is 5.75 Å². The maximum atomic E-state index is 9.36. The molecule has 1 heterocycles. The molecule has 17 heavy (non-hydrogen) atoms. The number of hydrogen-bond acceptors (Lipinski definition) is 3. The second-order valence-corrected chi connectivity index (χ2v) is 4.05. The van der Waals surface area contributed by atoms with Crippen molar-refractivity contribution in [1.82, 2.24) is 4.98 Å². The van der Waals surface area contributed by atoms with Gasteiger partial charge >= 0.3 is 0 Å². The van der Waals surface area contributed by atoms with Crippen LogP contribution in [0.5, 0.6) is 5.75 Å². The molecular formula is C14H17NO2. The smallest absolute Gasteiger partial charge is 0.119 e. The van der Waals surface area contributed by atoms with E-state index in [1.54, 1.807) is 13.3 Å². The summed E-state index contributed by atoms with van der Waals surface area (Å²) in [5, 5.41) is 10.4. The van der Waals surface area contributed by atoms with Gasteiger partial charge in [0.25, 0.3) is 0 Å². The molecule has 0 radical (unpaired) electrons. The number of benzene rings is 1. The Kier molecular flexibility index (Phi) is 3.59. The van der Waals surface area contributed by atoms with Crippen molar-refractivity contribution < 1.29 is 9.84 Å². The van der Waals surface area contributed by atoms with E-state index in [2.05, 4.69) is 11.9 Å². The van der Waals surface area contributed by atoms with Crippen LogP contribution in [0.25, 0.3) is 10.9 Å². The Balaban J connectivity index is 2.67. The van der Waals surface area contributed by atoms with E-state index < -0.39 is 0 Å². The monoisotopic (exact) mass is 231 g/mol. The number of aliphatic hydroxyl groups excluding tert-OH is 1. The van der Waals surface area contributed by atoms with Crippen molar-refractivity contribution in [3.05, 3.63) is 35.5 Å². The van der Waals surface area contributed by atoms with Gasteiger partial charge in [-0.15, -0.1) is 0 Å². The zero-order valence-corrected chi connectivity index (χ0v) is 10.2. The lowest BCUT2D eigenvalue weighted by Gasteiger charge is -2.11. The first kappa shape index (κ1) is 11.9. The summed E-state index contributed by atoms with van der Waals surface area (Å²) < 4.78 is 5.24. The summed E-state index contributed by atoms with van der Waals surface area (Å²) in [6, 6.07) is 5.85. The van der Waals surface area contributed by atoms with Gasteiger partial charge in [-0.1, -0.05) is 13.3 Å². The first-order valence-corrected chi connectivity index (χ1v) is 5.85. The molecule has 1 N–H and O–H groups in total. The fraction of sp³-hybridized carbons (Fsp3) is 0.357. The molecule has 1 aromatic heterocycles. The fourth-order valence-electron chi connectivity index (χ4n) is 2.08. The average molecular weight is 231 g/mol. The van der Waals surface area contributed by atoms with Gasteiger partial charge in [-0.2, -0.15) is 0 Å². The van der Waals surface area contributed by atoms with E-state index in [1.807, 2.05) is 18.2 Å². The topological polar surface area (TPSA) is 42.4 Å². The van der Waals surface area contributed by atoms with Gasteiger partial charge in [0.05, 0.1) is 19.2 Å². The number of nitrogens with zero attached hydrogens (tertiary/aromatic N) is 1. The summed E-state index contributed by atoms with van der Waals surface area (Å²) in [6.07, 6.45) is 3.76. The molecule has 3 nitrogen and oxygen atoms in total. The van der Waals surface area contributed by atoms with E-state index in [0.717, 1.165) is 35.1 Å². The number of rotatable bonds is 4. The number of methoxy groups -OCH3 is 1. The Bertz CT molecular complexity index is 518. The standard InChI is InChI=1S/C14H17NO2/c1-3-4-12-10(9-16)8-15-14-6-5-11(17-2)7-13(12)14/h5-8,16H,3-4,9H2,1-2H3. The summed E-state index contributed by atoms with van der Waals surface area (Å²) in [4.78, 5) is 4.35. The molecule has 3 heteroatoms. The van der Waals surface area contributed by atoms with Gasteiger partial charge in [0.2, 0.25) is 0 Å². The van der Waals surface area contributed by atoms with E-state index in [9.17, 15) is 5.11 Å². The predicted molar refractivity (Wildman–Crippen MR) is 68.2 cm³/mol. The van der Waals surface area contributed by atoms with Crippen LogP contribution in [0.15, 0.2) is 24.4 Å². The normalized spacial score (nSPS) is 10.8. The quantitative estimate of drug-likeness (QED) is 0.879. The maximum Gasteiger partial charge on any atom is 0.119 e. The summed E-state index contributed by atoms with van der Waals surface area (Å²) >= 11 is 0. The lowest BCUT2D eigenvalue weighted by atomic mass is 10.00. The molecule has 2 aromatic rings. The first-order valence-electron chi connectivity index (χ1n) is 5.85. The molecule has 0 amide bonds. The van der Waals surface area contributed by atoms with Crippen LogP contribution < -0.4 is 4.74 Å². The molecule has 0 spiro atoms. The first-order chi connectivity index (χ1) is 8.30. The van der Waals surface area contributed by atoms with Crippen molar-refractivity contribution >= 4 is 10.9 Å². The third kappa shape index (κ3) is 2.24. The molecule has 0 bridgehead atoms. The van der Waals surface area contributed by atoms with Crippen LogP contribution in [0.1, 0.15) is 24.5 Å². The number of aliphatic hydroxyl groups is 1. The number of aromatic nitrogens is 1. The molecule has 1 aromatic carbocycles. The Morgan fingerprint density at radius 3 is 2.82 bits per heavy atom. The van der Waals surface area contributed by atoms with Gasteiger partial charge < -0.3 is 9.84 Å². The Labute approximate surface area is 101 Å². The van der Waals surface area contributed by atoms with Gasteiger partial charge in [-0.25, -0.2) is 0 Å². The third-order valence-corrected chi connectivity index (χ3v) is 2.95. The average Bonchev–Trinajstić information content (AvgIpc) is 2.39. The molecule has 0 saturated carbocycles. The van der Waals surface area contributed by atoms with Gasteiger partial charge in [-0.05, 0) is 35.7 Å². The van der Waals surface area contributed by atoms with Crippen molar-refractivity contribution in [2.24, 2.45) is 0 Å². The highest BCUT2D eigenvalue weighted by Gasteiger charge is 2.08.